The van der Waals surface area contributed by atoms with E-state index in [1.165, 1.54) is 16.8 Å². The molecule has 1 aliphatic rings. The zero-order chi connectivity index (χ0) is 16.3. The highest BCUT2D eigenvalue weighted by Crippen LogP contribution is 2.15. The number of furan rings is 1. The first kappa shape index (κ1) is 16.1. The molecular weight excluding hydrogens is 324 g/mol. The van der Waals surface area contributed by atoms with Crippen LogP contribution in [0.15, 0.2) is 27.3 Å². The molecule has 0 amide bonds. The summed E-state index contributed by atoms with van der Waals surface area (Å²) in [5.74, 6) is 1.36. The Morgan fingerprint density at radius 1 is 1.48 bits per heavy atom. The monoisotopic (exact) mass is 342 g/mol. The number of nitrogens with one attached hydrogen (secondary N) is 1. The lowest BCUT2D eigenvalue weighted by Crippen LogP contribution is -2.48. The van der Waals surface area contributed by atoms with Gasteiger partial charge in [0.05, 0.1) is 31.8 Å². The fraction of sp³-hybridized carbons (Fsp3) is 0.538. The molecule has 2 aromatic rings. The smallest absolute Gasteiger partial charge is 0.241 e. The second kappa shape index (κ2) is 6.79. The number of hydrogen-bond acceptors (Lipinski definition) is 8. The van der Waals surface area contributed by atoms with Gasteiger partial charge in [0.25, 0.3) is 0 Å². The van der Waals surface area contributed by atoms with Crippen LogP contribution in [-0.4, -0.2) is 61.5 Å². The molecule has 1 fully saturated rings. The van der Waals surface area contributed by atoms with Crippen LogP contribution in [0, 0.1) is 0 Å². The zero-order valence-corrected chi connectivity index (χ0v) is 13.5. The summed E-state index contributed by atoms with van der Waals surface area (Å²) in [4.78, 5) is 4.21. The summed E-state index contributed by atoms with van der Waals surface area (Å²) in [6, 6.07) is 3.50. The fourth-order valence-electron chi connectivity index (χ4n) is 2.29. The molecule has 0 bridgehead atoms. The Labute approximate surface area is 133 Å². The van der Waals surface area contributed by atoms with Gasteiger partial charge < -0.3 is 19.0 Å². The van der Waals surface area contributed by atoms with Gasteiger partial charge in [-0.05, 0) is 12.1 Å². The van der Waals surface area contributed by atoms with Crippen molar-refractivity contribution in [3.8, 4) is 11.6 Å². The number of ether oxygens (including phenoxy) is 1. The Morgan fingerprint density at radius 2 is 2.35 bits per heavy atom. The van der Waals surface area contributed by atoms with E-state index in [1.54, 1.807) is 12.1 Å². The highest BCUT2D eigenvalue weighted by Gasteiger charge is 2.26. The average Bonchev–Trinajstić information content (AvgIpc) is 3.18. The van der Waals surface area contributed by atoms with Gasteiger partial charge in [0.15, 0.2) is 5.76 Å². The van der Waals surface area contributed by atoms with Gasteiger partial charge in [-0.25, -0.2) is 8.42 Å². The van der Waals surface area contributed by atoms with Crippen LogP contribution < -0.4 is 5.32 Å². The van der Waals surface area contributed by atoms with Gasteiger partial charge in [-0.15, -0.1) is 0 Å². The van der Waals surface area contributed by atoms with E-state index in [9.17, 15) is 8.42 Å². The summed E-state index contributed by atoms with van der Waals surface area (Å²) < 4.78 is 40.4. The van der Waals surface area contributed by atoms with Crippen molar-refractivity contribution in [1.82, 2.24) is 19.8 Å². The highest BCUT2D eigenvalue weighted by molar-refractivity contribution is 7.88. The first-order chi connectivity index (χ1) is 11.0. The molecule has 9 nitrogen and oxygen atoms in total. The van der Waals surface area contributed by atoms with Crippen molar-refractivity contribution in [2.45, 2.75) is 12.6 Å². The van der Waals surface area contributed by atoms with Crippen LogP contribution >= 0.6 is 0 Å². The lowest BCUT2D eigenvalue weighted by atomic mass is 10.3. The second-order valence-corrected chi connectivity index (χ2v) is 7.22. The van der Waals surface area contributed by atoms with E-state index in [4.69, 9.17) is 13.7 Å². The Balaban J connectivity index is 1.48. The van der Waals surface area contributed by atoms with Crippen molar-refractivity contribution >= 4 is 10.0 Å². The third-order valence-electron chi connectivity index (χ3n) is 3.43. The van der Waals surface area contributed by atoms with E-state index >= 15 is 0 Å². The maximum atomic E-state index is 11.6. The minimum absolute atomic E-state index is 0.203. The predicted octanol–water partition coefficient (Wildman–Crippen LogP) is 0.0796. The number of aromatic nitrogens is 2. The van der Waals surface area contributed by atoms with E-state index in [-0.39, 0.29) is 6.10 Å². The summed E-state index contributed by atoms with van der Waals surface area (Å²) in [7, 11) is -3.18. The molecule has 0 aliphatic carbocycles. The van der Waals surface area contributed by atoms with Crippen molar-refractivity contribution in [3.63, 3.8) is 0 Å². The molecular formula is C13H18N4O5S. The van der Waals surface area contributed by atoms with Crippen molar-refractivity contribution in [2.24, 2.45) is 0 Å². The van der Waals surface area contributed by atoms with Crippen LogP contribution in [0.4, 0.5) is 0 Å². The van der Waals surface area contributed by atoms with Gasteiger partial charge in [-0.1, -0.05) is 5.16 Å². The van der Waals surface area contributed by atoms with Crippen molar-refractivity contribution in [2.75, 3.05) is 32.5 Å². The summed E-state index contributed by atoms with van der Waals surface area (Å²) in [5.41, 5.74) is 0. The van der Waals surface area contributed by atoms with Gasteiger partial charge >= 0.3 is 0 Å². The normalized spacial score (nSPS) is 20.0. The van der Waals surface area contributed by atoms with Crippen LogP contribution in [0.2, 0.25) is 0 Å². The predicted molar refractivity (Wildman–Crippen MR) is 79.9 cm³/mol. The fourth-order valence-corrected chi connectivity index (χ4v) is 3.13. The molecule has 10 heteroatoms. The second-order valence-electron chi connectivity index (χ2n) is 5.23. The summed E-state index contributed by atoms with van der Waals surface area (Å²) in [6.45, 7) is 1.98. The van der Waals surface area contributed by atoms with E-state index in [1.807, 2.05) is 0 Å². The van der Waals surface area contributed by atoms with Crippen LogP contribution in [0.5, 0.6) is 0 Å². The zero-order valence-electron chi connectivity index (χ0n) is 12.6. The number of rotatable bonds is 6. The van der Waals surface area contributed by atoms with Crippen molar-refractivity contribution in [1.29, 1.82) is 0 Å². The Bertz CT molecular complexity index is 727. The van der Waals surface area contributed by atoms with Crippen LogP contribution in [0.3, 0.4) is 0 Å². The molecule has 0 aromatic carbocycles. The lowest BCUT2D eigenvalue weighted by molar-refractivity contribution is -0.000379. The first-order valence-corrected chi connectivity index (χ1v) is 9.01. The minimum atomic E-state index is -3.18. The van der Waals surface area contributed by atoms with Crippen LogP contribution in [0.25, 0.3) is 11.6 Å². The molecule has 3 heterocycles. The average molecular weight is 342 g/mol. The summed E-state index contributed by atoms with van der Waals surface area (Å²) in [5, 5.41) is 6.96. The molecule has 1 aliphatic heterocycles. The minimum Gasteiger partial charge on any atom is -0.461 e. The lowest BCUT2D eigenvalue weighted by Gasteiger charge is -2.31. The van der Waals surface area contributed by atoms with Crippen LogP contribution in [-0.2, 0) is 21.3 Å². The number of sulfonamides is 1. The Morgan fingerprint density at radius 3 is 3.09 bits per heavy atom. The molecule has 1 atom stereocenters. The van der Waals surface area contributed by atoms with Crippen molar-refractivity contribution < 1.29 is 22.1 Å². The molecule has 1 saturated heterocycles. The molecule has 3 rings (SSSR count). The van der Waals surface area contributed by atoms with E-state index in [0.717, 1.165) is 0 Å². The largest absolute Gasteiger partial charge is 0.461 e. The quantitative estimate of drug-likeness (QED) is 0.786. The summed E-state index contributed by atoms with van der Waals surface area (Å²) >= 11 is 0. The number of morpholine rings is 1. The van der Waals surface area contributed by atoms with Gasteiger partial charge in [0.1, 0.15) is 0 Å². The Kier molecular flexibility index (Phi) is 4.76. The van der Waals surface area contributed by atoms with Crippen LogP contribution in [0.1, 0.15) is 5.89 Å². The number of hydrogen-bond donors (Lipinski definition) is 1. The molecule has 23 heavy (non-hydrogen) atoms. The SMILES string of the molecule is CS(=O)(=O)N1CCO[C@H](CNCc2nc(-c3ccco3)no2)C1. The standard InChI is InChI=1S/C13H18N4O5S/c1-23(18,19)17-4-6-20-10(9-17)7-14-8-12-15-13(16-22-12)11-3-2-5-21-11/h2-3,5,10,14H,4,6-9H2,1H3/t10-/m1/s1. The van der Waals surface area contributed by atoms with E-state index < -0.39 is 10.0 Å². The molecule has 0 spiro atoms. The van der Waals surface area contributed by atoms with E-state index in [0.29, 0.717) is 50.3 Å². The van der Waals surface area contributed by atoms with E-state index in [2.05, 4.69) is 15.5 Å². The topological polar surface area (TPSA) is 111 Å². The molecule has 2 aromatic heterocycles. The summed E-state index contributed by atoms with van der Waals surface area (Å²) in [6.07, 6.45) is 2.54. The van der Waals surface area contributed by atoms with Gasteiger partial charge in [0, 0.05) is 19.6 Å². The highest BCUT2D eigenvalue weighted by atomic mass is 32.2. The molecule has 126 valence electrons. The third-order valence-corrected chi connectivity index (χ3v) is 4.70. The maximum absolute atomic E-state index is 11.6. The van der Waals surface area contributed by atoms with Gasteiger partial charge in [-0.3, -0.25) is 0 Å². The molecule has 0 saturated carbocycles. The van der Waals surface area contributed by atoms with Gasteiger partial charge in [-0.2, -0.15) is 9.29 Å². The van der Waals surface area contributed by atoms with Gasteiger partial charge in [0.2, 0.25) is 21.7 Å². The number of nitrogens with zero attached hydrogens (tertiary/aromatic N) is 3. The third kappa shape index (κ3) is 4.16. The first-order valence-electron chi connectivity index (χ1n) is 7.16. The Hall–Kier alpha value is -1.75. The molecule has 0 radical (unpaired) electrons. The maximum Gasteiger partial charge on any atom is 0.241 e. The molecule has 0 unspecified atom stereocenters. The van der Waals surface area contributed by atoms with Crippen molar-refractivity contribution in [3.05, 3.63) is 24.3 Å². The molecule has 1 N–H and O–H groups in total.